The summed E-state index contributed by atoms with van der Waals surface area (Å²) in [5.74, 6) is 0.340. The number of ketones is 1. The van der Waals surface area contributed by atoms with Crippen molar-refractivity contribution in [3.8, 4) is 0 Å². The lowest BCUT2D eigenvalue weighted by Gasteiger charge is -2.18. The van der Waals surface area contributed by atoms with Gasteiger partial charge in [0.1, 0.15) is 11.8 Å². The summed E-state index contributed by atoms with van der Waals surface area (Å²) < 4.78 is 23.6. The van der Waals surface area contributed by atoms with Crippen LogP contribution in [0.5, 0.6) is 0 Å². The van der Waals surface area contributed by atoms with Gasteiger partial charge in [-0.15, -0.1) is 0 Å². The minimum Gasteiger partial charge on any atom is -0.360 e. The molecule has 1 aliphatic rings. The third-order valence-electron chi connectivity index (χ3n) is 5.03. The maximum atomic E-state index is 13.4. The molecule has 134 valence electrons. The number of para-hydroxylation sites is 1. The van der Waals surface area contributed by atoms with Crippen molar-refractivity contribution in [1.82, 2.24) is 4.98 Å². The van der Waals surface area contributed by atoms with E-state index in [0.29, 0.717) is 12.0 Å². The molecule has 4 rings (SSSR count). The van der Waals surface area contributed by atoms with Crippen molar-refractivity contribution in [2.75, 3.05) is 11.5 Å². The number of aromatic nitrogens is 1. The highest BCUT2D eigenvalue weighted by atomic mass is 32.2. The minimum atomic E-state index is -2.99. The molecule has 0 bridgehead atoms. The summed E-state index contributed by atoms with van der Waals surface area (Å²) in [6.07, 6.45) is 2.34. The molecule has 2 atom stereocenters. The molecule has 3 aromatic rings. The average molecular weight is 369 g/mol. The highest BCUT2D eigenvalue weighted by Gasteiger charge is 2.36. The first-order valence-electron chi connectivity index (χ1n) is 8.74. The van der Waals surface area contributed by atoms with E-state index in [-0.39, 0.29) is 23.3 Å². The van der Waals surface area contributed by atoms with Gasteiger partial charge < -0.3 is 10.3 Å². The molecule has 5 nitrogen and oxygen atoms in total. The normalized spacial score (nSPS) is 20.2. The Balaban J connectivity index is 1.69. The first-order valence-corrected chi connectivity index (χ1v) is 10.6. The van der Waals surface area contributed by atoms with Crippen molar-refractivity contribution in [3.05, 3.63) is 71.9 Å². The fourth-order valence-corrected chi connectivity index (χ4v) is 5.46. The predicted octanol–water partition coefficient (Wildman–Crippen LogP) is 1.84. The van der Waals surface area contributed by atoms with Crippen LogP contribution in [0.25, 0.3) is 10.9 Å². The van der Waals surface area contributed by atoms with E-state index in [1.807, 2.05) is 59.9 Å². The molecule has 1 fully saturated rings. The molecule has 1 saturated heterocycles. The third kappa shape index (κ3) is 3.30. The summed E-state index contributed by atoms with van der Waals surface area (Å²) in [4.78, 5) is 16.5. The molecule has 2 heterocycles. The summed E-state index contributed by atoms with van der Waals surface area (Å²) in [5, 5.41) is 2.83. The SMILES string of the molecule is O=C(c1c[nH]c2ccccc12)[C@H]([NH2+][C@@H]1CCS(=O)(=O)C1)c1ccccc1. The van der Waals surface area contributed by atoms with Gasteiger partial charge in [-0.05, 0) is 6.07 Å². The zero-order valence-corrected chi connectivity index (χ0v) is 15.1. The number of aromatic amines is 1. The molecule has 0 aliphatic carbocycles. The van der Waals surface area contributed by atoms with E-state index in [1.165, 1.54) is 0 Å². The molecule has 26 heavy (non-hydrogen) atoms. The Morgan fingerprint density at radius 3 is 2.54 bits per heavy atom. The molecule has 0 amide bonds. The van der Waals surface area contributed by atoms with Gasteiger partial charge in [0, 0.05) is 34.6 Å². The van der Waals surface area contributed by atoms with E-state index in [9.17, 15) is 13.2 Å². The number of quaternary nitrogens is 1. The molecule has 0 spiro atoms. The molecular formula is C20H21N2O3S+. The monoisotopic (exact) mass is 369 g/mol. The second-order valence-electron chi connectivity index (χ2n) is 6.86. The van der Waals surface area contributed by atoms with Gasteiger partial charge in [-0.25, -0.2) is 8.42 Å². The van der Waals surface area contributed by atoms with Crippen molar-refractivity contribution in [3.63, 3.8) is 0 Å². The molecule has 1 aromatic heterocycles. The fraction of sp³-hybridized carbons (Fsp3) is 0.250. The third-order valence-corrected chi connectivity index (χ3v) is 6.82. The van der Waals surface area contributed by atoms with Crippen LogP contribution < -0.4 is 5.32 Å². The van der Waals surface area contributed by atoms with Crippen molar-refractivity contribution in [2.45, 2.75) is 18.5 Å². The van der Waals surface area contributed by atoms with Gasteiger partial charge in [0.15, 0.2) is 15.9 Å². The number of nitrogens with two attached hydrogens (primary N) is 1. The molecule has 0 radical (unpaired) electrons. The molecule has 6 heteroatoms. The predicted molar refractivity (Wildman–Crippen MR) is 101 cm³/mol. The second kappa shape index (κ2) is 6.70. The number of benzene rings is 2. The standard InChI is InChI=1S/C20H20N2O3S/c23-20(17-12-21-18-9-5-4-8-16(17)18)19(14-6-2-1-3-7-14)22-15-10-11-26(24,25)13-15/h1-9,12,15,19,21-22H,10-11,13H2/p+1/t15-,19-/m1/s1. The zero-order valence-electron chi connectivity index (χ0n) is 14.3. The van der Waals surface area contributed by atoms with Gasteiger partial charge in [-0.3, -0.25) is 4.79 Å². The molecule has 1 aliphatic heterocycles. The maximum Gasteiger partial charge on any atom is 0.226 e. The highest BCUT2D eigenvalue weighted by molar-refractivity contribution is 7.91. The van der Waals surface area contributed by atoms with Crippen LogP contribution in [-0.4, -0.2) is 36.7 Å². The van der Waals surface area contributed by atoms with Gasteiger partial charge >= 0.3 is 0 Å². The number of fused-ring (bicyclic) bond motifs is 1. The molecule has 3 N–H and O–H groups in total. The summed E-state index contributed by atoms with van der Waals surface area (Å²) >= 11 is 0. The molecule has 0 unspecified atom stereocenters. The van der Waals surface area contributed by atoms with Crippen LogP contribution in [0.4, 0.5) is 0 Å². The summed E-state index contributed by atoms with van der Waals surface area (Å²) in [5.41, 5.74) is 2.46. The van der Waals surface area contributed by atoms with Crippen LogP contribution in [0.1, 0.15) is 28.4 Å². The van der Waals surface area contributed by atoms with Gasteiger partial charge in [-0.1, -0.05) is 48.5 Å². The van der Waals surface area contributed by atoms with Gasteiger partial charge in [-0.2, -0.15) is 0 Å². The van der Waals surface area contributed by atoms with E-state index in [0.717, 1.165) is 16.5 Å². The van der Waals surface area contributed by atoms with Crippen molar-refractivity contribution >= 4 is 26.5 Å². The quantitative estimate of drug-likeness (QED) is 0.673. The number of Topliss-reactive ketones (excluding diaryl/α,β-unsaturated/α-hetero) is 1. The van der Waals surface area contributed by atoms with Crippen LogP contribution in [-0.2, 0) is 9.84 Å². The minimum absolute atomic E-state index is 0.00190. The largest absolute Gasteiger partial charge is 0.360 e. The van der Waals surface area contributed by atoms with Crippen LogP contribution in [0.15, 0.2) is 60.8 Å². The number of rotatable bonds is 5. The molecule has 2 aromatic carbocycles. The number of sulfone groups is 1. The van der Waals surface area contributed by atoms with Crippen molar-refractivity contribution < 1.29 is 18.5 Å². The number of hydrogen-bond acceptors (Lipinski definition) is 3. The lowest BCUT2D eigenvalue weighted by Crippen LogP contribution is -2.92. The molecular weight excluding hydrogens is 348 g/mol. The fourth-order valence-electron chi connectivity index (χ4n) is 3.70. The number of carbonyl (C=O) groups is 1. The average Bonchev–Trinajstić information content (AvgIpc) is 3.23. The van der Waals surface area contributed by atoms with E-state index < -0.39 is 15.9 Å². The van der Waals surface area contributed by atoms with Crippen molar-refractivity contribution in [2.24, 2.45) is 0 Å². The number of hydrogen-bond donors (Lipinski definition) is 2. The number of H-pyrrole nitrogens is 1. The Morgan fingerprint density at radius 1 is 1.08 bits per heavy atom. The summed E-state index contributed by atoms with van der Waals surface area (Å²) in [7, 11) is -2.99. The van der Waals surface area contributed by atoms with Crippen LogP contribution in [0.2, 0.25) is 0 Å². The topological polar surface area (TPSA) is 83.6 Å². The number of nitrogens with one attached hydrogen (secondary N) is 1. The van der Waals surface area contributed by atoms with E-state index in [2.05, 4.69) is 4.98 Å². The Hall–Kier alpha value is -2.44. The first-order chi connectivity index (χ1) is 12.5. The van der Waals surface area contributed by atoms with Gasteiger partial charge in [0.2, 0.25) is 5.78 Å². The van der Waals surface area contributed by atoms with E-state index >= 15 is 0 Å². The number of carbonyl (C=O) groups excluding carboxylic acids is 1. The smallest absolute Gasteiger partial charge is 0.226 e. The van der Waals surface area contributed by atoms with Crippen LogP contribution >= 0.6 is 0 Å². The second-order valence-corrected chi connectivity index (χ2v) is 9.08. The Bertz CT molecular complexity index is 1040. The molecule has 0 saturated carbocycles. The lowest BCUT2D eigenvalue weighted by molar-refractivity contribution is -0.709. The van der Waals surface area contributed by atoms with Gasteiger partial charge in [0.05, 0.1) is 5.75 Å². The Morgan fingerprint density at radius 2 is 1.81 bits per heavy atom. The zero-order chi connectivity index (χ0) is 18.1. The maximum absolute atomic E-state index is 13.4. The lowest BCUT2D eigenvalue weighted by atomic mass is 9.96. The van der Waals surface area contributed by atoms with E-state index in [1.54, 1.807) is 6.20 Å². The first kappa shape index (κ1) is 17.0. The van der Waals surface area contributed by atoms with Gasteiger partial charge in [0.25, 0.3) is 0 Å². The van der Waals surface area contributed by atoms with Crippen molar-refractivity contribution in [1.29, 1.82) is 0 Å². The summed E-state index contributed by atoms with van der Waals surface area (Å²) in [6.45, 7) is 0. The van der Waals surface area contributed by atoms with Crippen LogP contribution in [0.3, 0.4) is 0 Å². The highest BCUT2D eigenvalue weighted by Crippen LogP contribution is 2.23. The van der Waals surface area contributed by atoms with E-state index in [4.69, 9.17) is 0 Å². The van der Waals surface area contributed by atoms with Crippen LogP contribution in [0, 0.1) is 0 Å². The summed E-state index contributed by atoms with van der Waals surface area (Å²) in [6, 6.07) is 16.8. The Kier molecular flexibility index (Phi) is 4.38. The Labute approximate surface area is 152 Å².